The van der Waals surface area contributed by atoms with Crippen LogP contribution in [0.15, 0.2) is 30.6 Å². The molecule has 2 amide bonds. The number of rotatable bonds is 6. The molecule has 0 bridgehead atoms. The van der Waals surface area contributed by atoms with Gasteiger partial charge in [0.2, 0.25) is 0 Å². The standard InChI is InChI=1S/C20H26N4O3/c1-3-16-17(5-4-8-22-16)27-18-12-15(11-14-6-9-26-10-7-14)13-23-19(18)24-20(25)21-2/h4-5,8,12-14H,3,6-7,9-11H2,1-2H3,(H2,21,23,24,25). The average molecular weight is 370 g/mol. The number of carbonyl (C=O) groups is 1. The van der Waals surface area contributed by atoms with Crippen molar-refractivity contribution in [2.45, 2.75) is 32.6 Å². The smallest absolute Gasteiger partial charge is 0.320 e. The molecule has 2 aromatic rings. The van der Waals surface area contributed by atoms with Crippen LogP contribution < -0.4 is 15.4 Å². The summed E-state index contributed by atoms with van der Waals surface area (Å²) in [5.74, 6) is 2.16. The van der Waals surface area contributed by atoms with E-state index in [0.717, 1.165) is 50.2 Å². The van der Waals surface area contributed by atoms with E-state index in [9.17, 15) is 4.79 Å². The van der Waals surface area contributed by atoms with E-state index in [2.05, 4.69) is 20.6 Å². The van der Waals surface area contributed by atoms with Crippen molar-refractivity contribution in [3.05, 3.63) is 41.9 Å². The molecule has 0 spiro atoms. The maximum atomic E-state index is 11.8. The van der Waals surface area contributed by atoms with Gasteiger partial charge >= 0.3 is 6.03 Å². The maximum absolute atomic E-state index is 11.8. The molecule has 144 valence electrons. The zero-order valence-corrected chi connectivity index (χ0v) is 15.8. The van der Waals surface area contributed by atoms with Gasteiger partial charge in [-0.05, 0) is 55.4 Å². The van der Waals surface area contributed by atoms with Crippen LogP contribution in [-0.2, 0) is 17.6 Å². The predicted molar refractivity (Wildman–Crippen MR) is 103 cm³/mol. The van der Waals surface area contributed by atoms with Crippen molar-refractivity contribution >= 4 is 11.8 Å². The Morgan fingerprint density at radius 2 is 2.11 bits per heavy atom. The van der Waals surface area contributed by atoms with E-state index in [1.807, 2.05) is 25.1 Å². The molecule has 1 fully saturated rings. The molecule has 1 aliphatic heterocycles. The van der Waals surface area contributed by atoms with Crippen LogP contribution in [0.5, 0.6) is 11.5 Å². The molecule has 1 saturated heterocycles. The van der Waals surface area contributed by atoms with Crippen LogP contribution in [0.3, 0.4) is 0 Å². The number of pyridine rings is 2. The van der Waals surface area contributed by atoms with Crippen molar-refractivity contribution in [3.8, 4) is 11.5 Å². The molecule has 2 N–H and O–H groups in total. The maximum Gasteiger partial charge on any atom is 0.320 e. The normalized spacial score (nSPS) is 14.6. The number of amides is 2. The number of aryl methyl sites for hydroxylation is 1. The number of hydrogen-bond donors (Lipinski definition) is 2. The molecule has 0 unspecified atom stereocenters. The number of carbonyl (C=O) groups excluding carboxylic acids is 1. The fourth-order valence-corrected chi connectivity index (χ4v) is 3.12. The molecule has 0 radical (unpaired) electrons. The van der Waals surface area contributed by atoms with Gasteiger partial charge in [-0.3, -0.25) is 10.3 Å². The van der Waals surface area contributed by atoms with Gasteiger partial charge in [0, 0.05) is 32.7 Å². The van der Waals surface area contributed by atoms with Crippen LogP contribution in [0, 0.1) is 5.92 Å². The van der Waals surface area contributed by atoms with Gasteiger partial charge in [0.15, 0.2) is 11.6 Å². The third kappa shape index (κ3) is 5.17. The Labute approximate surface area is 159 Å². The first-order valence-corrected chi connectivity index (χ1v) is 9.36. The Balaban J connectivity index is 1.86. The van der Waals surface area contributed by atoms with Gasteiger partial charge in [-0.1, -0.05) is 6.92 Å². The van der Waals surface area contributed by atoms with E-state index in [4.69, 9.17) is 9.47 Å². The van der Waals surface area contributed by atoms with Crippen molar-refractivity contribution in [3.63, 3.8) is 0 Å². The van der Waals surface area contributed by atoms with E-state index >= 15 is 0 Å². The van der Waals surface area contributed by atoms with Gasteiger partial charge < -0.3 is 14.8 Å². The summed E-state index contributed by atoms with van der Waals surface area (Å²) in [6.07, 6.45) is 7.32. The van der Waals surface area contributed by atoms with Crippen molar-refractivity contribution < 1.29 is 14.3 Å². The highest BCUT2D eigenvalue weighted by Gasteiger charge is 2.17. The second kappa shape index (κ2) is 9.32. The minimum atomic E-state index is -0.341. The lowest BCUT2D eigenvalue weighted by Gasteiger charge is -2.22. The summed E-state index contributed by atoms with van der Waals surface area (Å²) >= 11 is 0. The van der Waals surface area contributed by atoms with Crippen LogP contribution in [0.1, 0.15) is 31.0 Å². The molecule has 0 aliphatic carbocycles. The van der Waals surface area contributed by atoms with Gasteiger partial charge in [0.25, 0.3) is 0 Å². The molecule has 2 aromatic heterocycles. The van der Waals surface area contributed by atoms with Crippen LogP contribution in [-0.4, -0.2) is 36.3 Å². The molecule has 3 heterocycles. The molecule has 7 heteroatoms. The van der Waals surface area contributed by atoms with Gasteiger partial charge in [0.1, 0.15) is 5.75 Å². The Morgan fingerprint density at radius 1 is 1.30 bits per heavy atom. The molecule has 0 atom stereocenters. The third-order valence-electron chi connectivity index (χ3n) is 4.64. The molecule has 7 nitrogen and oxygen atoms in total. The second-order valence-corrected chi connectivity index (χ2v) is 6.56. The highest BCUT2D eigenvalue weighted by Crippen LogP contribution is 2.32. The minimum absolute atomic E-state index is 0.341. The zero-order valence-electron chi connectivity index (χ0n) is 15.8. The molecule has 1 aliphatic rings. The number of urea groups is 1. The van der Waals surface area contributed by atoms with Crippen molar-refractivity contribution in [1.82, 2.24) is 15.3 Å². The lowest BCUT2D eigenvalue weighted by molar-refractivity contribution is 0.0665. The summed E-state index contributed by atoms with van der Waals surface area (Å²) < 4.78 is 11.6. The predicted octanol–water partition coefficient (Wildman–Crippen LogP) is 3.55. The number of aromatic nitrogens is 2. The fraction of sp³-hybridized carbons (Fsp3) is 0.450. The average Bonchev–Trinajstić information content (AvgIpc) is 2.71. The second-order valence-electron chi connectivity index (χ2n) is 6.56. The van der Waals surface area contributed by atoms with Crippen molar-refractivity contribution in [1.29, 1.82) is 0 Å². The van der Waals surface area contributed by atoms with E-state index in [1.54, 1.807) is 19.4 Å². The van der Waals surface area contributed by atoms with E-state index < -0.39 is 0 Å². The molecular weight excluding hydrogens is 344 g/mol. The lowest BCUT2D eigenvalue weighted by Crippen LogP contribution is -2.25. The number of ether oxygens (including phenoxy) is 2. The summed E-state index contributed by atoms with van der Waals surface area (Å²) in [6.45, 7) is 3.65. The van der Waals surface area contributed by atoms with Crippen LogP contribution in [0.25, 0.3) is 0 Å². The van der Waals surface area contributed by atoms with Gasteiger partial charge in [0.05, 0.1) is 5.69 Å². The SMILES string of the molecule is CCc1ncccc1Oc1cc(CC2CCOCC2)cnc1NC(=O)NC. The van der Waals surface area contributed by atoms with Crippen LogP contribution in [0.4, 0.5) is 10.6 Å². The summed E-state index contributed by atoms with van der Waals surface area (Å²) in [7, 11) is 1.56. The first-order chi connectivity index (χ1) is 13.2. The quantitative estimate of drug-likeness (QED) is 0.812. The molecule has 3 rings (SSSR count). The van der Waals surface area contributed by atoms with Gasteiger partial charge in [-0.2, -0.15) is 0 Å². The highest BCUT2D eigenvalue weighted by atomic mass is 16.5. The Hall–Kier alpha value is -2.67. The van der Waals surface area contributed by atoms with E-state index in [0.29, 0.717) is 23.2 Å². The largest absolute Gasteiger partial charge is 0.452 e. The minimum Gasteiger partial charge on any atom is -0.452 e. The van der Waals surface area contributed by atoms with Crippen molar-refractivity contribution in [2.24, 2.45) is 5.92 Å². The summed E-state index contributed by atoms with van der Waals surface area (Å²) in [5, 5.41) is 5.26. The lowest BCUT2D eigenvalue weighted by atomic mass is 9.93. The topological polar surface area (TPSA) is 85.4 Å². The van der Waals surface area contributed by atoms with Gasteiger partial charge in [-0.15, -0.1) is 0 Å². The fourth-order valence-electron chi connectivity index (χ4n) is 3.12. The summed E-state index contributed by atoms with van der Waals surface area (Å²) in [6, 6.07) is 5.33. The Kier molecular flexibility index (Phi) is 6.59. The monoisotopic (exact) mass is 370 g/mol. The number of anilines is 1. The molecule has 27 heavy (non-hydrogen) atoms. The first kappa shape index (κ1) is 19.1. The summed E-state index contributed by atoms with van der Waals surface area (Å²) in [4.78, 5) is 20.6. The Morgan fingerprint density at radius 3 is 2.85 bits per heavy atom. The van der Waals surface area contributed by atoms with Crippen LogP contribution in [0.2, 0.25) is 0 Å². The number of nitrogens with zero attached hydrogens (tertiary/aromatic N) is 2. The molecule has 0 aromatic carbocycles. The first-order valence-electron chi connectivity index (χ1n) is 9.36. The van der Waals surface area contributed by atoms with Gasteiger partial charge in [-0.25, -0.2) is 9.78 Å². The molecular formula is C20H26N4O3. The summed E-state index contributed by atoms with van der Waals surface area (Å²) in [5.41, 5.74) is 1.94. The highest BCUT2D eigenvalue weighted by molar-refractivity contribution is 5.89. The third-order valence-corrected chi connectivity index (χ3v) is 4.64. The molecule has 0 saturated carbocycles. The Bertz CT molecular complexity index is 776. The van der Waals surface area contributed by atoms with E-state index in [-0.39, 0.29) is 6.03 Å². The number of nitrogens with one attached hydrogen (secondary N) is 2. The van der Waals surface area contributed by atoms with E-state index in [1.165, 1.54) is 0 Å². The van der Waals surface area contributed by atoms with Crippen molar-refractivity contribution in [2.75, 3.05) is 25.6 Å². The zero-order chi connectivity index (χ0) is 19.1. The van der Waals surface area contributed by atoms with Crippen LogP contribution >= 0.6 is 0 Å². The number of hydrogen-bond acceptors (Lipinski definition) is 5.